The largest absolute Gasteiger partial charge is 0.333 e. The summed E-state index contributed by atoms with van der Waals surface area (Å²) in [5, 5.41) is 11.0. The molecule has 2 aromatic heterocycles. The molecule has 0 bridgehead atoms. The van der Waals surface area contributed by atoms with E-state index in [0.29, 0.717) is 23.5 Å². The minimum Gasteiger partial charge on any atom is -0.307 e. The summed E-state index contributed by atoms with van der Waals surface area (Å²) in [7, 11) is 1.88. The number of aromatic nitrogens is 4. The van der Waals surface area contributed by atoms with Crippen molar-refractivity contribution in [1.82, 2.24) is 24.9 Å². The number of nitrogens with zero attached hydrogens (tertiary/aromatic N) is 4. The Morgan fingerprint density at radius 1 is 1.39 bits per heavy atom. The predicted octanol–water partition coefficient (Wildman–Crippen LogP) is 1.61. The molecule has 0 amide bonds. The van der Waals surface area contributed by atoms with Crippen molar-refractivity contribution in [3.05, 3.63) is 35.4 Å². The van der Waals surface area contributed by atoms with Crippen LogP contribution in [0, 0.1) is 6.92 Å². The molecule has 1 N–H and O–H groups in total. The third-order valence-electron chi connectivity index (χ3n) is 2.82. The zero-order valence-corrected chi connectivity index (χ0v) is 10.3. The lowest BCUT2D eigenvalue weighted by Gasteiger charge is -2.02. The van der Waals surface area contributed by atoms with Crippen LogP contribution in [-0.2, 0) is 20.1 Å². The highest BCUT2D eigenvalue weighted by molar-refractivity contribution is 5.15. The lowest BCUT2D eigenvalue weighted by molar-refractivity contribution is 0.0561. The molecule has 0 atom stereocenters. The van der Waals surface area contributed by atoms with Gasteiger partial charge in [0.05, 0.1) is 11.9 Å². The van der Waals surface area contributed by atoms with Gasteiger partial charge in [-0.25, -0.2) is 4.68 Å². The van der Waals surface area contributed by atoms with E-state index in [9.17, 15) is 8.78 Å². The fourth-order valence-electron chi connectivity index (χ4n) is 1.62. The normalized spacial score (nSPS) is 11.4. The highest BCUT2D eigenvalue weighted by atomic mass is 19.3. The molecule has 0 saturated carbocycles. The summed E-state index contributed by atoms with van der Waals surface area (Å²) < 4.78 is 27.0. The van der Waals surface area contributed by atoms with Crippen LogP contribution in [0.3, 0.4) is 0 Å². The van der Waals surface area contributed by atoms with Gasteiger partial charge < -0.3 is 5.32 Å². The second kappa shape index (κ2) is 5.26. The van der Waals surface area contributed by atoms with Gasteiger partial charge in [0.15, 0.2) is 0 Å². The highest BCUT2D eigenvalue weighted by Crippen LogP contribution is 2.09. The van der Waals surface area contributed by atoms with Crippen LogP contribution >= 0.6 is 0 Å². The Morgan fingerprint density at radius 3 is 2.72 bits per heavy atom. The molecule has 0 spiro atoms. The first-order chi connectivity index (χ1) is 8.58. The van der Waals surface area contributed by atoms with Crippen LogP contribution in [0.5, 0.6) is 0 Å². The molecule has 0 aliphatic rings. The van der Waals surface area contributed by atoms with E-state index in [1.807, 2.05) is 14.0 Å². The van der Waals surface area contributed by atoms with E-state index in [0.717, 1.165) is 11.3 Å². The van der Waals surface area contributed by atoms with Crippen LogP contribution in [-0.4, -0.2) is 19.6 Å². The summed E-state index contributed by atoms with van der Waals surface area (Å²) in [6, 6.07) is 1.58. The van der Waals surface area contributed by atoms with Crippen molar-refractivity contribution >= 4 is 0 Å². The van der Waals surface area contributed by atoms with Crippen LogP contribution < -0.4 is 5.32 Å². The third-order valence-corrected chi connectivity index (χ3v) is 2.82. The molecule has 0 aromatic carbocycles. The van der Waals surface area contributed by atoms with Gasteiger partial charge in [-0.1, -0.05) is 0 Å². The van der Waals surface area contributed by atoms with Crippen LogP contribution in [0.1, 0.15) is 23.5 Å². The minimum absolute atomic E-state index is 0.452. The van der Waals surface area contributed by atoms with Crippen LogP contribution in [0.15, 0.2) is 18.5 Å². The van der Waals surface area contributed by atoms with Crippen LogP contribution in [0.2, 0.25) is 0 Å². The van der Waals surface area contributed by atoms with Crippen molar-refractivity contribution in [3.63, 3.8) is 0 Å². The Hall–Kier alpha value is -1.76. The Bertz CT molecular complexity index is 517. The molecule has 5 nitrogen and oxygen atoms in total. The Kier molecular flexibility index (Phi) is 3.71. The fraction of sp³-hybridized carbons (Fsp3) is 0.455. The maximum atomic E-state index is 12.3. The van der Waals surface area contributed by atoms with E-state index in [2.05, 4.69) is 15.5 Å². The van der Waals surface area contributed by atoms with E-state index in [4.69, 9.17) is 0 Å². The summed E-state index contributed by atoms with van der Waals surface area (Å²) >= 11 is 0. The molecular formula is C11H15F2N5. The van der Waals surface area contributed by atoms with Gasteiger partial charge in [-0.15, -0.1) is 0 Å². The van der Waals surface area contributed by atoms with Crippen LogP contribution in [0.4, 0.5) is 8.78 Å². The molecule has 2 heterocycles. The number of halogens is 2. The van der Waals surface area contributed by atoms with Crippen molar-refractivity contribution in [2.24, 2.45) is 7.05 Å². The van der Waals surface area contributed by atoms with E-state index < -0.39 is 6.55 Å². The Labute approximate surface area is 103 Å². The predicted molar refractivity (Wildman–Crippen MR) is 62.0 cm³/mol. The number of aryl methyl sites for hydroxylation is 1. The van der Waals surface area contributed by atoms with Gasteiger partial charge in [-0.3, -0.25) is 4.68 Å². The fourth-order valence-corrected chi connectivity index (χ4v) is 1.62. The molecule has 0 aliphatic heterocycles. The second-order valence-corrected chi connectivity index (χ2v) is 4.05. The molecule has 0 unspecified atom stereocenters. The molecular weight excluding hydrogens is 240 g/mol. The highest BCUT2D eigenvalue weighted by Gasteiger charge is 2.07. The van der Waals surface area contributed by atoms with Gasteiger partial charge >= 0.3 is 6.55 Å². The Balaban J connectivity index is 1.86. The number of nitrogens with one attached hydrogen (secondary N) is 1. The zero-order chi connectivity index (χ0) is 13.1. The lowest BCUT2D eigenvalue weighted by atomic mass is 10.2. The monoisotopic (exact) mass is 255 g/mol. The summed E-state index contributed by atoms with van der Waals surface area (Å²) in [5.74, 6) is 0. The van der Waals surface area contributed by atoms with Gasteiger partial charge in [0.2, 0.25) is 0 Å². The molecule has 98 valence electrons. The Morgan fingerprint density at radius 2 is 2.17 bits per heavy atom. The quantitative estimate of drug-likeness (QED) is 0.883. The van der Waals surface area contributed by atoms with Crippen molar-refractivity contribution in [3.8, 4) is 0 Å². The molecule has 2 aromatic rings. The summed E-state index contributed by atoms with van der Waals surface area (Å²) in [6.45, 7) is 0.490. The summed E-state index contributed by atoms with van der Waals surface area (Å²) in [5.41, 5.74) is 2.77. The lowest BCUT2D eigenvalue weighted by Crippen LogP contribution is -2.14. The average molecular weight is 255 g/mol. The first-order valence-electron chi connectivity index (χ1n) is 5.58. The van der Waals surface area contributed by atoms with Gasteiger partial charge in [0, 0.05) is 37.6 Å². The first-order valence-corrected chi connectivity index (χ1v) is 5.58. The number of hydrogen-bond donors (Lipinski definition) is 1. The van der Waals surface area contributed by atoms with E-state index >= 15 is 0 Å². The van der Waals surface area contributed by atoms with E-state index in [1.54, 1.807) is 16.9 Å². The molecule has 18 heavy (non-hydrogen) atoms. The third kappa shape index (κ3) is 2.73. The maximum Gasteiger partial charge on any atom is 0.333 e. The molecule has 0 saturated heterocycles. The second-order valence-electron chi connectivity index (χ2n) is 4.05. The standard InChI is InChI=1S/C11H15F2N5/c1-8-9(6-15-17(8)2)5-14-7-10-3-4-18(16-10)11(12)13/h3-4,6,11,14H,5,7H2,1-2H3. The first kappa shape index (κ1) is 12.7. The van der Waals surface area contributed by atoms with Gasteiger partial charge in [-0.05, 0) is 13.0 Å². The maximum absolute atomic E-state index is 12.3. The van der Waals surface area contributed by atoms with Crippen molar-refractivity contribution < 1.29 is 8.78 Å². The zero-order valence-electron chi connectivity index (χ0n) is 10.3. The van der Waals surface area contributed by atoms with E-state index in [1.165, 1.54) is 6.20 Å². The molecule has 2 rings (SSSR count). The van der Waals surface area contributed by atoms with Gasteiger partial charge in [-0.2, -0.15) is 19.0 Å². The van der Waals surface area contributed by atoms with Gasteiger partial charge in [0.1, 0.15) is 0 Å². The molecule has 0 radical (unpaired) electrons. The summed E-state index contributed by atoms with van der Waals surface area (Å²) in [6.07, 6.45) is 3.07. The molecule has 7 heteroatoms. The van der Waals surface area contributed by atoms with Crippen molar-refractivity contribution in [2.45, 2.75) is 26.6 Å². The smallest absolute Gasteiger partial charge is 0.307 e. The van der Waals surface area contributed by atoms with Crippen LogP contribution in [0.25, 0.3) is 0 Å². The molecule has 0 fully saturated rings. The summed E-state index contributed by atoms with van der Waals surface area (Å²) in [4.78, 5) is 0. The number of rotatable bonds is 5. The topological polar surface area (TPSA) is 47.7 Å². The van der Waals surface area contributed by atoms with E-state index in [-0.39, 0.29) is 0 Å². The van der Waals surface area contributed by atoms with Crippen molar-refractivity contribution in [2.75, 3.05) is 0 Å². The average Bonchev–Trinajstić information content (AvgIpc) is 2.91. The van der Waals surface area contributed by atoms with Gasteiger partial charge in [0.25, 0.3) is 0 Å². The SMILES string of the molecule is Cc1c(CNCc2ccn(C(F)F)n2)cnn1C. The number of alkyl halides is 2. The molecule has 0 aliphatic carbocycles. The minimum atomic E-state index is -2.58. The van der Waals surface area contributed by atoms with Crippen molar-refractivity contribution in [1.29, 1.82) is 0 Å². The number of hydrogen-bond acceptors (Lipinski definition) is 3.